The fourth-order valence-electron chi connectivity index (χ4n) is 2.29. The summed E-state index contributed by atoms with van der Waals surface area (Å²) in [5.41, 5.74) is 6.55. The van der Waals surface area contributed by atoms with Gasteiger partial charge in [-0.05, 0) is 50.4 Å². The van der Waals surface area contributed by atoms with Crippen molar-refractivity contribution in [1.29, 1.82) is 0 Å². The number of benzene rings is 1. The van der Waals surface area contributed by atoms with Crippen LogP contribution in [-0.4, -0.2) is 16.3 Å². The van der Waals surface area contributed by atoms with Gasteiger partial charge in [0.25, 0.3) is 0 Å². The Morgan fingerprint density at radius 2 is 1.95 bits per heavy atom. The van der Waals surface area contributed by atoms with Crippen LogP contribution in [0.25, 0.3) is 0 Å². The van der Waals surface area contributed by atoms with Gasteiger partial charge in [-0.1, -0.05) is 25.1 Å². The molecule has 0 unspecified atom stereocenters. The van der Waals surface area contributed by atoms with Gasteiger partial charge in [0.1, 0.15) is 0 Å². The van der Waals surface area contributed by atoms with Gasteiger partial charge in [-0.25, -0.2) is 0 Å². The number of aryl methyl sites for hydroxylation is 2. The second-order valence-corrected chi connectivity index (χ2v) is 5.51. The lowest BCUT2D eigenvalue weighted by Gasteiger charge is -2.08. The van der Waals surface area contributed by atoms with E-state index in [4.69, 9.17) is 0 Å². The third-order valence-electron chi connectivity index (χ3n) is 3.85. The summed E-state index contributed by atoms with van der Waals surface area (Å²) < 4.78 is 2.09. The first-order chi connectivity index (χ1) is 9.61. The van der Waals surface area contributed by atoms with Gasteiger partial charge >= 0.3 is 0 Å². The smallest absolute Gasteiger partial charge is 0.0662 e. The Kier molecular flexibility index (Phi) is 4.96. The van der Waals surface area contributed by atoms with Crippen molar-refractivity contribution in [2.45, 2.75) is 47.2 Å². The molecule has 0 bridgehead atoms. The Labute approximate surface area is 122 Å². The molecule has 1 aromatic heterocycles. The average molecular weight is 271 g/mol. The van der Waals surface area contributed by atoms with Gasteiger partial charge in [-0.15, -0.1) is 0 Å². The maximum absolute atomic E-state index is 4.52. The average Bonchev–Trinajstić information content (AvgIpc) is 2.76. The monoisotopic (exact) mass is 271 g/mol. The summed E-state index contributed by atoms with van der Waals surface area (Å²) in [5.74, 6) is 0. The van der Waals surface area contributed by atoms with Crippen molar-refractivity contribution >= 4 is 0 Å². The molecular formula is C17H25N3. The highest BCUT2D eigenvalue weighted by Gasteiger charge is 2.07. The summed E-state index contributed by atoms with van der Waals surface area (Å²) in [6, 6.07) is 6.64. The van der Waals surface area contributed by atoms with Crippen molar-refractivity contribution in [2.75, 3.05) is 6.54 Å². The van der Waals surface area contributed by atoms with Crippen LogP contribution in [0.15, 0.2) is 24.4 Å². The zero-order valence-electron chi connectivity index (χ0n) is 13.0. The quantitative estimate of drug-likeness (QED) is 0.817. The molecule has 3 heteroatoms. The molecular weight excluding hydrogens is 246 g/mol. The number of hydrogen-bond donors (Lipinski definition) is 1. The van der Waals surface area contributed by atoms with Crippen LogP contribution in [0.5, 0.6) is 0 Å². The zero-order chi connectivity index (χ0) is 14.5. The van der Waals surface area contributed by atoms with Crippen molar-refractivity contribution in [3.63, 3.8) is 0 Å². The van der Waals surface area contributed by atoms with Gasteiger partial charge < -0.3 is 5.32 Å². The van der Waals surface area contributed by atoms with Crippen molar-refractivity contribution in [2.24, 2.45) is 0 Å². The molecule has 0 saturated heterocycles. The summed E-state index contributed by atoms with van der Waals surface area (Å²) in [5, 5.41) is 7.95. The SMILES string of the molecule is CCCNCc1cnn(Cc2ccc(C)c(C)c2)c1C. The van der Waals surface area contributed by atoms with Crippen molar-refractivity contribution in [3.05, 3.63) is 52.3 Å². The number of rotatable bonds is 6. The molecule has 20 heavy (non-hydrogen) atoms. The summed E-state index contributed by atoms with van der Waals surface area (Å²) in [6.07, 6.45) is 3.15. The normalized spacial score (nSPS) is 11.0. The molecule has 0 atom stereocenters. The summed E-state index contributed by atoms with van der Waals surface area (Å²) in [4.78, 5) is 0. The van der Waals surface area contributed by atoms with Crippen LogP contribution in [0.4, 0.5) is 0 Å². The molecule has 1 heterocycles. The van der Waals surface area contributed by atoms with Crippen LogP contribution >= 0.6 is 0 Å². The van der Waals surface area contributed by atoms with Gasteiger partial charge in [-0.3, -0.25) is 4.68 Å². The van der Waals surface area contributed by atoms with E-state index in [9.17, 15) is 0 Å². The predicted molar refractivity (Wildman–Crippen MR) is 84.0 cm³/mol. The van der Waals surface area contributed by atoms with Crippen LogP contribution in [0.2, 0.25) is 0 Å². The molecule has 0 fully saturated rings. The van der Waals surface area contributed by atoms with Crippen LogP contribution < -0.4 is 5.32 Å². The first-order valence-electron chi connectivity index (χ1n) is 7.40. The van der Waals surface area contributed by atoms with E-state index in [0.29, 0.717) is 0 Å². The highest BCUT2D eigenvalue weighted by atomic mass is 15.3. The standard InChI is InChI=1S/C17H25N3/c1-5-8-18-10-17-11-19-20(15(17)4)12-16-7-6-13(2)14(3)9-16/h6-7,9,11,18H,5,8,10,12H2,1-4H3. The summed E-state index contributed by atoms with van der Waals surface area (Å²) in [6.45, 7) is 11.5. The van der Waals surface area contributed by atoms with E-state index < -0.39 is 0 Å². The minimum Gasteiger partial charge on any atom is -0.313 e. The molecule has 0 saturated carbocycles. The molecule has 1 aromatic carbocycles. The molecule has 0 aliphatic carbocycles. The Balaban J connectivity index is 2.07. The largest absolute Gasteiger partial charge is 0.313 e. The molecule has 1 N–H and O–H groups in total. The molecule has 0 aliphatic heterocycles. The number of aromatic nitrogens is 2. The van der Waals surface area contributed by atoms with Gasteiger partial charge in [0.05, 0.1) is 12.7 Å². The Bertz CT molecular complexity index is 570. The maximum atomic E-state index is 4.52. The number of hydrogen-bond acceptors (Lipinski definition) is 2. The topological polar surface area (TPSA) is 29.9 Å². The van der Waals surface area contributed by atoms with Crippen molar-refractivity contribution in [1.82, 2.24) is 15.1 Å². The Morgan fingerprint density at radius 1 is 1.15 bits per heavy atom. The van der Waals surface area contributed by atoms with E-state index in [2.05, 4.69) is 61.0 Å². The first-order valence-corrected chi connectivity index (χ1v) is 7.40. The summed E-state index contributed by atoms with van der Waals surface area (Å²) >= 11 is 0. The molecule has 108 valence electrons. The van der Waals surface area contributed by atoms with Crippen molar-refractivity contribution in [3.8, 4) is 0 Å². The van der Waals surface area contributed by atoms with Crippen LogP contribution in [0.1, 0.15) is 41.3 Å². The lowest BCUT2D eigenvalue weighted by atomic mass is 10.1. The van der Waals surface area contributed by atoms with E-state index in [0.717, 1.165) is 26.1 Å². The lowest BCUT2D eigenvalue weighted by molar-refractivity contribution is 0.651. The third kappa shape index (κ3) is 3.48. The van der Waals surface area contributed by atoms with Crippen molar-refractivity contribution < 1.29 is 0 Å². The van der Waals surface area contributed by atoms with Gasteiger partial charge in [0, 0.05) is 17.8 Å². The third-order valence-corrected chi connectivity index (χ3v) is 3.85. The minimum atomic E-state index is 0.848. The first kappa shape index (κ1) is 14.8. The van der Waals surface area contributed by atoms with E-state index in [1.807, 2.05) is 6.20 Å². The maximum Gasteiger partial charge on any atom is 0.0662 e. The predicted octanol–water partition coefficient (Wildman–Crippen LogP) is 3.36. The zero-order valence-corrected chi connectivity index (χ0v) is 13.0. The minimum absolute atomic E-state index is 0.848. The fraction of sp³-hybridized carbons (Fsp3) is 0.471. The van der Waals surface area contributed by atoms with E-state index in [1.165, 1.54) is 27.9 Å². The molecule has 2 aromatic rings. The van der Waals surface area contributed by atoms with E-state index >= 15 is 0 Å². The summed E-state index contributed by atoms with van der Waals surface area (Å²) in [7, 11) is 0. The van der Waals surface area contributed by atoms with Crippen LogP contribution in [0.3, 0.4) is 0 Å². The lowest BCUT2D eigenvalue weighted by Crippen LogP contribution is -2.14. The number of nitrogens with zero attached hydrogens (tertiary/aromatic N) is 2. The van der Waals surface area contributed by atoms with Gasteiger partial charge in [0.2, 0.25) is 0 Å². The fourth-order valence-corrected chi connectivity index (χ4v) is 2.29. The molecule has 0 aliphatic rings. The Hall–Kier alpha value is -1.61. The van der Waals surface area contributed by atoms with Crippen LogP contribution in [-0.2, 0) is 13.1 Å². The molecule has 0 radical (unpaired) electrons. The molecule has 0 amide bonds. The highest BCUT2D eigenvalue weighted by Crippen LogP contribution is 2.13. The molecule has 2 rings (SSSR count). The van der Waals surface area contributed by atoms with E-state index in [1.54, 1.807) is 0 Å². The molecule has 0 spiro atoms. The Morgan fingerprint density at radius 3 is 2.65 bits per heavy atom. The second kappa shape index (κ2) is 6.71. The van der Waals surface area contributed by atoms with E-state index in [-0.39, 0.29) is 0 Å². The molecule has 3 nitrogen and oxygen atoms in total. The highest BCUT2D eigenvalue weighted by molar-refractivity contribution is 5.30. The van der Waals surface area contributed by atoms with Gasteiger partial charge in [0.15, 0.2) is 0 Å². The number of nitrogens with one attached hydrogen (secondary N) is 1. The van der Waals surface area contributed by atoms with Gasteiger partial charge in [-0.2, -0.15) is 5.10 Å². The second-order valence-electron chi connectivity index (χ2n) is 5.51. The van der Waals surface area contributed by atoms with Crippen LogP contribution in [0, 0.1) is 20.8 Å².